The van der Waals surface area contributed by atoms with Crippen molar-refractivity contribution in [3.05, 3.63) is 18.2 Å². The first-order chi connectivity index (χ1) is 16.3. The van der Waals surface area contributed by atoms with E-state index in [1.165, 1.54) is 0 Å². The van der Waals surface area contributed by atoms with E-state index in [0.717, 1.165) is 50.9 Å². The van der Waals surface area contributed by atoms with Crippen molar-refractivity contribution in [2.24, 2.45) is 35.0 Å². The molecule has 1 N–H and O–H groups in total. The van der Waals surface area contributed by atoms with Gasteiger partial charge in [0.15, 0.2) is 11.5 Å². The third-order valence-corrected chi connectivity index (χ3v) is 9.97. The molecular formula is C26H34F4N2O3. The quantitative estimate of drug-likeness (QED) is 0.551. The maximum absolute atomic E-state index is 16.5. The second-order valence-corrected chi connectivity index (χ2v) is 11.9. The minimum absolute atomic E-state index is 0.00942. The molecule has 1 heterocycles. The van der Waals surface area contributed by atoms with Gasteiger partial charge in [0.25, 0.3) is 0 Å². The van der Waals surface area contributed by atoms with Gasteiger partial charge in [0, 0.05) is 5.92 Å². The van der Waals surface area contributed by atoms with Crippen molar-refractivity contribution in [1.29, 1.82) is 0 Å². The summed E-state index contributed by atoms with van der Waals surface area (Å²) < 4.78 is 59.9. The van der Waals surface area contributed by atoms with Crippen LogP contribution in [0, 0.1) is 35.0 Å². The summed E-state index contributed by atoms with van der Waals surface area (Å²) in [7, 11) is 0. The number of ether oxygens (including phenoxy) is 1. The Morgan fingerprint density at radius 3 is 2.46 bits per heavy atom. The first kappa shape index (κ1) is 24.9. The number of carbonyl (C=O) groups is 1. The number of aromatic nitrogens is 2. The largest absolute Gasteiger partial charge is 0.483 e. The van der Waals surface area contributed by atoms with Gasteiger partial charge in [-0.15, -0.1) is 0 Å². The van der Waals surface area contributed by atoms with Gasteiger partial charge in [0.2, 0.25) is 5.82 Å². The van der Waals surface area contributed by atoms with Crippen LogP contribution in [0.25, 0.3) is 0 Å². The maximum atomic E-state index is 16.5. The lowest BCUT2D eigenvalue weighted by atomic mass is 9.48. The third kappa shape index (κ3) is 4.25. The molecule has 0 unspecified atom stereocenters. The summed E-state index contributed by atoms with van der Waals surface area (Å²) in [6.07, 6.45) is 3.57. The van der Waals surface area contributed by atoms with Crippen molar-refractivity contribution in [3.63, 3.8) is 0 Å². The summed E-state index contributed by atoms with van der Waals surface area (Å²) >= 11 is 0. The summed E-state index contributed by atoms with van der Waals surface area (Å²) in [5.74, 6) is -1.06. The molecule has 0 saturated heterocycles. The van der Waals surface area contributed by atoms with Crippen LogP contribution >= 0.6 is 0 Å². The Labute approximate surface area is 203 Å². The van der Waals surface area contributed by atoms with E-state index in [1.54, 1.807) is 0 Å². The van der Waals surface area contributed by atoms with Crippen LogP contribution in [-0.4, -0.2) is 38.7 Å². The van der Waals surface area contributed by atoms with Gasteiger partial charge in [-0.25, -0.2) is 14.4 Å². The molecule has 0 amide bonds. The summed E-state index contributed by atoms with van der Waals surface area (Å²) in [6, 6.07) is 0. The number of hydrogen-bond acceptors (Lipinski definition) is 5. The second-order valence-electron chi connectivity index (χ2n) is 11.9. The van der Waals surface area contributed by atoms with Gasteiger partial charge in [-0.3, -0.25) is 4.79 Å². The van der Waals surface area contributed by atoms with Crippen LogP contribution in [0.15, 0.2) is 12.4 Å². The standard InChI is InChI=1S/C26H34F4N2O3/c1-23(34)9-10-25(27)15(11-23)3-4-17-18-5-6-20(24(18,2)8-7-19(17)25)21(33)14-35-16-12-31-22(32-13-16)26(28,29)30/h12-13,15,17-20,34H,3-11,14H2,1-2H3/t15-,17+,18+,19+,20-,23-,24+,25-/m1/s1. The highest BCUT2D eigenvalue weighted by Crippen LogP contribution is 2.66. The Kier molecular flexibility index (Phi) is 5.97. The van der Waals surface area contributed by atoms with E-state index >= 15 is 4.39 Å². The highest BCUT2D eigenvalue weighted by atomic mass is 19.4. The lowest BCUT2D eigenvalue weighted by Gasteiger charge is -2.59. The molecule has 1 aromatic rings. The van der Waals surface area contributed by atoms with Gasteiger partial charge in [0.1, 0.15) is 12.3 Å². The van der Waals surface area contributed by atoms with Crippen LogP contribution in [0.1, 0.15) is 77.5 Å². The Morgan fingerprint density at radius 1 is 1.06 bits per heavy atom. The van der Waals surface area contributed by atoms with E-state index in [0.29, 0.717) is 19.3 Å². The van der Waals surface area contributed by atoms with Crippen molar-refractivity contribution in [2.45, 2.75) is 89.1 Å². The van der Waals surface area contributed by atoms with E-state index in [2.05, 4.69) is 16.9 Å². The van der Waals surface area contributed by atoms with Crippen molar-refractivity contribution >= 4 is 5.78 Å². The van der Waals surface area contributed by atoms with Crippen molar-refractivity contribution in [2.75, 3.05) is 6.61 Å². The maximum Gasteiger partial charge on any atom is 0.451 e. The highest BCUT2D eigenvalue weighted by Gasteiger charge is 2.63. The molecule has 0 spiro atoms. The average molecular weight is 499 g/mol. The van der Waals surface area contributed by atoms with E-state index in [4.69, 9.17) is 4.74 Å². The summed E-state index contributed by atoms with van der Waals surface area (Å²) in [5, 5.41) is 10.5. The Balaban J connectivity index is 1.25. The summed E-state index contributed by atoms with van der Waals surface area (Å²) in [6.45, 7) is 3.75. The molecule has 4 aliphatic carbocycles. The number of fused-ring (bicyclic) bond motifs is 5. The Morgan fingerprint density at radius 2 is 1.77 bits per heavy atom. The van der Waals surface area contributed by atoms with Gasteiger partial charge in [-0.1, -0.05) is 6.92 Å². The SMILES string of the molecule is C[C@@]1(O)CC[C@@]2(F)[C@H](CC[C@H]3[C@@H]4CC[C@H](C(=O)COc5cnc(C(F)(F)F)nc5)[C@@]4(C)CC[C@@H]32)C1. The number of alkyl halides is 4. The lowest BCUT2D eigenvalue weighted by Crippen LogP contribution is -2.58. The van der Waals surface area contributed by atoms with Gasteiger partial charge in [-0.2, -0.15) is 13.2 Å². The molecule has 4 aliphatic rings. The number of halogens is 4. The first-order valence-electron chi connectivity index (χ1n) is 12.8. The minimum atomic E-state index is -4.63. The zero-order valence-electron chi connectivity index (χ0n) is 20.3. The molecule has 5 nitrogen and oxygen atoms in total. The fourth-order valence-electron chi connectivity index (χ4n) is 8.30. The lowest BCUT2D eigenvalue weighted by molar-refractivity contribution is -0.166. The molecule has 4 saturated carbocycles. The van der Waals surface area contributed by atoms with Crippen LogP contribution in [0.2, 0.25) is 0 Å². The molecule has 1 aromatic heterocycles. The van der Waals surface area contributed by atoms with E-state index < -0.39 is 23.3 Å². The molecular weight excluding hydrogens is 464 g/mol. The molecule has 0 bridgehead atoms. The second kappa shape index (κ2) is 8.38. The van der Waals surface area contributed by atoms with Gasteiger partial charge >= 0.3 is 6.18 Å². The molecule has 194 valence electrons. The number of hydrogen-bond donors (Lipinski definition) is 1. The smallest absolute Gasteiger partial charge is 0.451 e. The molecule has 0 aliphatic heterocycles. The van der Waals surface area contributed by atoms with Crippen LogP contribution < -0.4 is 4.74 Å². The Hall–Kier alpha value is -1.77. The predicted octanol–water partition coefficient (Wildman–Crippen LogP) is 5.56. The minimum Gasteiger partial charge on any atom is -0.483 e. The topological polar surface area (TPSA) is 72.3 Å². The van der Waals surface area contributed by atoms with Crippen LogP contribution in [-0.2, 0) is 11.0 Å². The van der Waals surface area contributed by atoms with E-state index in [-0.39, 0.29) is 53.1 Å². The van der Waals surface area contributed by atoms with Crippen molar-refractivity contribution in [1.82, 2.24) is 9.97 Å². The zero-order valence-corrected chi connectivity index (χ0v) is 20.3. The molecule has 5 rings (SSSR count). The molecule has 8 atom stereocenters. The molecule has 0 radical (unpaired) electrons. The van der Waals surface area contributed by atoms with Crippen LogP contribution in [0.4, 0.5) is 17.6 Å². The fourth-order valence-corrected chi connectivity index (χ4v) is 8.30. The predicted molar refractivity (Wildman–Crippen MR) is 119 cm³/mol. The highest BCUT2D eigenvalue weighted by molar-refractivity contribution is 5.83. The molecule has 0 aromatic carbocycles. The third-order valence-electron chi connectivity index (χ3n) is 9.97. The van der Waals surface area contributed by atoms with Crippen molar-refractivity contribution < 1.29 is 32.2 Å². The first-order valence-corrected chi connectivity index (χ1v) is 12.8. The number of nitrogens with zero attached hydrogens (tertiary/aromatic N) is 2. The average Bonchev–Trinajstić information content (AvgIpc) is 3.15. The number of Topliss-reactive ketones (excluding diaryl/α,β-unsaturated/α-hetero) is 1. The number of aliphatic hydroxyl groups is 1. The summed E-state index contributed by atoms with van der Waals surface area (Å²) in [5.41, 5.74) is -2.22. The Bertz CT molecular complexity index is 968. The monoisotopic (exact) mass is 498 g/mol. The molecule has 9 heteroatoms. The van der Waals surface area contributed by atoms with Gasteiger partial charge < -0.3 is 9.84 Å². The fraction of sp³-hybridized carbons (Fsp3) is 0.808. The van der Waals surface area contributed by atoms with Crippen molar-refractivity contribution in [3.8, 4) is 5.75 Å². The molecule has 35 heavy (non-hydrogen) atoms. The van der Waals surface area contributed by atoms with Gasteiger partial charge in [0.05, 0.1) is 18.0 Å². The number of carbonyl (C=O) groups excluding carboxylic acids is 1. The zero-order chi connectivity index (χ0) is 25.2. The van der Waals surface area contributed by atoms with E-state index in [9.17, 15) is 23.1 Å². The summed E-state index contributed by atoms with van der Waals surface area (Å²) in [4.78, 5) is 19.7. The van der Waals surface area contributed by atoms with E-state index in [1.807, 2.05) is 6.92 Å². The van der Waals surface area contributed by atoms with Crippen LogP contribution in [0.3, 0.4) is 0 Å². The van der Waals surface area contributed by atoms with Gasteiger partial charge in [-0.05, 0) is 93.8 Å². The normalized spacial score (nSPS) is 43.1. The number of ketones is 1. The molecule has 4 fully saturated rings. The van der Waals surface area contributed by atoms with Crippen LogP contribution in [0.5, 0.6) is 5.75 Å². The number of rotatable bonds is 4.